The summed E-state index contributed by atoms with van der Waals surface area (Å²) in [6, 6.07) is 17.3. The molecule has 0 N–H and O–H groups in total. The largest absolute Gasteiger partial charge is 0.416 e. The minimum atomic E-state index is -4.41. The number of aromatic nitrogens is 2. The molecule has 0 amide bonds. The molecule has 0 aliphatic carbocycles. The van der Waals surface area contributed by atoms with Gasteiger partial charge in [-0.3, -0.25) is 0 Å². The quantitative estimate of drug-likeness (QED) is 0.228. The highest BCUT2D eigenvalue weighted by Crippen LogP contribution is 2.33. The molecule has 4 rings (SSSR count). The molecule has 0 atom stereocenters. The van der Waals surface area contributed by atoms with E-state index in [2.05, 4.69) is 11.9 Å². The molecule has 31 heavy (non-hydrogen) atoms. The summed E-state index contributed by atoms with van der Waals surface area (Å²) in [6.07, 6.45) is -3.37. The van der Waals surface area contributed by atoms with Crippen LogP contribution in [0.2, 0.25) is 0 Å². The Kier molecular flexibility index (Phi) is 6.05. The van der Waals surface area contributed by atoms with E-state index < -0.39 is 11.7 Å². The van der Waals surface area contributed by atoms with Gasteiger partial charge in [0.15, 0.2) is 0 Å². The van der Waals surface area contributed by atoms with Crippen molar-refractivity contribution in [2.45, 2.75) is 31.0 Å². The summed E-state index contributed by atoms with van der Waals surface area (Å²) in [5, 5.41) is 0. The maximum absolute atomic E-state index is 14.4. The molecule has 0 unspecified atom stereocenters. The first kappa shape index (κ1) is 21.4. The van der Waals surface area contributed by atoms with E-state index in [1.165, 1.54) is 18.2 Å². The fourth-order valence-electron chi connectivity index (χ4n) is 3.40. The summed E-state index contributed by atoms with van der Waals surface area (Å²) >= 11 is 1.72. The van der Waals surface area contributed by atoms with Crippen molar-refractivity contribution in [2.75, 3.05) is 5.75 Å². The molecule has 1 aromatic heterocycles. The average Bonchev–Trinajstić information content (AvgIpc) is 3.11. The molecule has 0 spiro atoms. The molecule has 0 saturated carbocycles. The highest BCUT2D eigenvalue weighted by molar-refractivity contribution is 7.99. The van der Waals surface area contributed by atoms with Crippen LogP contribution in [-0.4, -0.2) is 15.3 Å². The molecule has 0 radical (unpaired) electrons. The van der Waals surface area contributed by atoms with E-state index in [0.29, 0.717) is 22.5 Å². The molecule has 4 aromatic rings. The normalized spacial score (nSPS) is 11.9. The van der Waals surface area contributed by atoms with Gasteiger partial charge in [-0.15, -0.1) is 11.8 Å². The zero-order valence-electron chi connectivity index (χ0n) is 16.8. The van der Waals surface area contributed by atoms with Crippen molar-refractivity contribution in [3.63, 3.8) is 0 Å². The number of hydrogen-bond donors (Lipinski definition) is 0. The molecule has 160 valence electrons. The van der Waals surface area contributed by atoms with E-state index >= 15 is 0 Å². The Balaban J connectivity index is 1.84. The van der Waals surface area contributed by atoms with Crippen molar-refractivity contribution >= 4 is 22.8 Å². The second kappa shape index (κ2) is 8.75. The highest BCUT2D eigenvalue weighted by atomic mass is 32.2. The van der Waals surface area contributed by atoms with Crippen LogP contribution in [0.15, 0.2) is 71.6 Å². The van der Waals surface area contributed by atoms with Gasteiger partial charge >= 0.3 is 6.18 Å². The Morgan fingerprint density at radius 1 is 0.968 bits per heavy atom. The van der Waals surface area contributed by atoms with Crippen LogP contribution >= 0.6 is 11.8 Å². The number of imidazole rings is 1. The van der Waals surface area contributed by atoms with Crippen LogP contribution < -0.4 is 0 Å². The first-order valence-corrected chi connectivity index (χ1v) is 10.9. The standard InChI is InChI=1S/C24H20F4N2S/c1-2-13-31-19-11-12-21-22(14-19)30(15-17-5-3-4-6-20(17)25)23(29-21)16-7-9-18(10-8-16)24(26,27)28/h3-12,14H,2,13,15H2,1H3. The fraction of sp³-hybridized carbons (Fsp3) is 0.208. The summed E-state index contributed by atoms with van der Waals surface area (Å²) in [5.74, 6) is 1.14. The summed E-state index contributed by atoms with van der Waals surface area (Å²) in [6.45, 7) is 2.33. The summed E-state index contributed by atoms with van der Waals surface area (Å²) in [7, 11) is 0. The Morgan fingerprint density at radius 3 is 2.39 bits per heavy atom. The minimum absolute atomic E-state index is 0.224. The van der Waals surface area contributed by atoms with Gasteiger partial charge in [0.25, 0.3) is 0 Å². The Labute approximate surface area is 181 Å². The number of fused-ring (bicyclic) bond motifs is 1. The lowest BCUT2D eigenvalue weighted by Crippen LogP contribution is -2.06. The van der Waals surface area contributed by atoms with Crippen LogP contribution in [0.1, 0.15) is 24.5 Å². The van der Waals surface area contributed by atoms with Gasteiger partial charge in [-0.1, -0.05) is 37.3 Å². The maximum Gasteiger partial charge on any atom is 0.416 e. The van der Waals surface area contributed by atoms with E-state index in [1.54, 1.807) is 30.0 Å². The average molecular weight is 444 g/mol. The predicted molar refractivity (Wildman–Crippen MR) is 117 cm³/mol. The summed E-state index contributed by atoms with van der Waals surface area (Å²) in [5.41, 5.74) is 1.85. The van der Waals surface area contributed by atoms with E-state index in [4.69, 9.17) is 0 Å². The molecule has 0 saturated heterocycles. The van der Waals surface area contributed by atoms with Crippen molar-refractivity contribution in [1.82, 2.24) is 9.55 Å². The summed E-state index contributed by atoms with van der Waals surface area (Å²) in [4.78, 5) is 5.74. The predicted octanol–water partition coefficient (Wildman–Crippen LogP) is 7.41. The zero-order chi connectivity index (χ0) is 22.0. The monoisotopic (exact) mass is 444 g/mol. The molecule has 0 bridgehead atoms. The van der Waals surface area contributed by atoms with Gasteiger partial charge in [-0.25, -0.2) is 9.37 Å². The molecular weight excluding hydrogens is 424 g/mol. The van der Waals surface area contributed by atoms with E-state index in [1.807, 2.05) is 22.8 Å². The van der Waals surface area contributed by atoms with Gasteiger partial charge in [0.2, 0.25) is 0 Å². The number of benzene rings is 3. The molecule has 2 nitrogen and oxygen atoms in total. The molecule has 0 aliphatic heterocycles. The first-order valence-electron chi connectivity index (χ1n) is 9.91. The molecule has 1 heterocycles. The lowest BCUT2D eigenvalue weighted by molar-refractivity contribution is -0.137. The van der Waals surface area contributed by atoms with Crippen molar-refractivity contribution in [1.29, 1.82) is 0 Å². The molecule has 0 fully saturated rings. The third-order valence-electron chi connectivity index (χ3n) is 4.95. The first-order chi connectivity index (χ1) is 14.9. The van der Waals surface area contributed by atoms with Crippen LogP contribution in [0, 0.1) is 5.82 Å². The van der Waals surface area contributed by atoms with Gasteiger partial charge in [-0.2, -0.15) is 13.2 Å². The maximum atomic E-state index is 14.4. The van der Waals surface area contributed by atoms with E-state index in [9.17, 15) is 17.6 Å². The zero-order valence-corrected chi connectivity index (χ0v) is 17.6. The van der Waals surface area contributed by atoms with E-state index in [0.717, 1.165) is 34.7 Å². The lowest BCUT2D eigenvalue weighted by atomic mass is 10.1. The van der Waals surface area contributed by atoms with Crippen LogP contribution in [0.3, 0.4) is 0 Å². The number of halogens is 4. The lowest BCUT2D eigenvalue weighted by Gasteiger charge is -2.12. The Hall–Kier alpha value is -2.80. The number of alkyl halides is 3. The SMILES string of the molecule is CCCSc1ccc2nc(-c3ccc(C(F)(F)F)cc3)n(Cc3ccccc3F)c2c1. The summed E-state index contributed by atoms with van der Waals surface area (Å²) < 4.78 is 55.2. The van der Waals surface area contributed by atoms with Gasteiger partial charge < -0.3 is 4.57 Å². The number of nitrogens with zero attached hydrogens (tertiary/aromatic N) is 2. The molecule has 7 heteroatoms. The van der Waals surface area contributed by atoms with Crippen molar-refractivity contribution < 1.29 is 17.6 Å². The van der Waals surface area contributed by atoms with Gasteiger partial charge in [0.1, 0.15) is 11.6 Å². The smallest absolute Gasteiger partial charge is 0.319 e. The van der Waals surface area contributed by atoms with Crippen molar-refractivity contribution in [2.24, 2.45) is 0 Å². The highest BCUT2D eigenvalue weighted by Gasteiger charge is 2.30. The van der Waals surface area contributed by atoms with Crippen molar-refractivity contribution in [3.05, 3.63) is 83.7 Å². The second-order valence-electron chi connectivity index (χ2n) is 7.19. The molecule has 3 aromatic carbocycles. The third kappa shape index (κ3) is 4.61. The van der Waals surface area contributed by atoms with Crippen molar-refractivity contribution in [3.8, 4) is 11.4 Å². The Morgan fingerprint density at radius 2 is 1.71 bits per heavy atom. The van der Waals surface area contributed by atoms with Crippen LogP contribution in [0.25, 0.3) is 22.4 Å². The van der Waals surface area contributed by atoms with E-state index in [-0.39, 0.29) is 12.4 Å². The fourth-order valence-corrected chi connectivity index (χ4v) is 4.20. The molecular formula is C24H20F4N2S. The number of thioether (sulfide) groups is 1. The second-order valence-corrected chi connectivity index (χ2v) is 8.36. The topological polar surface area (TPSA) is 17.8 Å². The Bertz CT molecular complexity index is 1200. The van der Waals surface area contributed by atoms with Gasteiger partial charge in [0.05, 0.1) is 23.1 Å². The van der Waals surface area contributed by atoms with Crippen LogP contribution in [0.5, 0.6) is 0 Å². The molecule has 0 aliphatic rings. The number of rotatable bonds is 6. The van der Waals surface area contributed by atoms with Gasteiger partial charge in [-0.05, 0) is 48.6 Å². The number of hydrogen-bond acceptors (Lipinski definition) is 2. The minimum Gasteiger partial charge on any atom is -0.319 e. The van der Waals surface area contributed by atoms with Crippen LogP contribution in [-0.2, 0) is 12.7 Å². The van der Waals surface area contributed by atoms with Crippen LogP contribution in [0.4, 0.5) is 17.6 Å². The third-order valence-corrected chi connectivity index (χ3v) is 6.15. The van der Waals surface area contributed by atoms with Gasteiger partial charge in [0, 0.05) is 16.0 Å².